The molecule has 0 aliphatic carbocycles. The number of fused-ring (bicyclic) bond motifs is 1. The van der Waals surface area contributed by atoms with Crippen molar-refractivity contribution in [1.82, 2.24) is 15.1 Å². The predicted octanol–water partition coefficient (Wildman–Crippen LogP) is 5.01. The molecule has 222 valence electrons. The van der Waals surface area contributed by atoms with E-state index in [4.69, 9.17) is 19.2 Å². The first kappa shape index (κ1) is 29.7. The molecule has 42 heavy (non-hydrogen) atoms. The fraction of sp³-hybridized carbons (Fsp3) is 0.406. The average molecular weight is 591 g/mol. The van der Waals surface area contributed by atoms with Gasteiger partial charge >= 0.3 is 5.97 Å². The molecular formula is C32H38N4O5S. The number of benzene rings is 2. The van der Waals surface area contributed by atoms with Gasteiger partial charge in [0, 0.05) is 18.8 Å². The lowest BCUT2D eigenvalue weighted by atomic mass is 9.93. The highest BCUT2D eigenvalue weighted by Gasteiger charge is 2.41. The number of nitrogens with one attached hydrogen (secondary N) is 1. The Balaban J connectivity index is 1.39. The van der Waals surface area contributed by atoms with E-state index in [0.29, 0.717) is 41.1 Å². The van der Waals surface area contributed by atoms with Crippen LogP contribution >= 0.6 is 11.8 Å². The number of esters is 1. The minimum Gasteiger partial charge on any atom is -0.493 e. The molecule has 3 aliphatic rings. The summed E-state index contributed by atoms with van der Waals surface area (Å²) in [7, 11) is 1.60. The summed E-state index contributed by atoms with van der Waals surface area (Å²) in [4.78, 5) is 35.4. The first-order valence-electron chi connectivity index (χ1n) is 14.4. The Bertz CT molecular complexity index is 1380. The molecule has 1 fully saturated rings. The van der Waals surface area contributed by atoms with Crippen molar-refractivity contribution in [2.45, 2.75) is 45.8 Å². The van der Waals surface area contributed by atoms with Gasteiger partial charge in [-0.15, -0.1) is 0 Å². The molecule has 3 aliphatic heterocycles. The Morgan fingerprint density at radius 1 is 1.10 bits per heavy atom. The third-order valence-electron chi connectivity index (χ3n) is 7.53. The summed E-state index contributed by atoms with van der Waals surface area (Å²) >= 11 is 1.45. The van der Waals surface area contributed by atoms with Crippen LogP contribution < -0.4 is 14.8 Å². The van der Waals surface area contributed by atoms with E-state index in [1.165, 1.54) is 24.6 Å². The zero-order valence-corrected chi connectivity index (χ0v) is 25.2. The molecule has 0 bridgehead atoms. The smallest absolute Gasteiger partial charge is 0.338 e. The van der Waals surface area contributed by atoms with Crippen LogP contribution in [-0.4, -0.2) is 66.7 Å². The molecular weight excluding hydrogens is 552 g/mol. The number of ether oxygens (including phenoxy) is 3. The molecule has 2 aromatic carbocycles. The molecule has 1 N–H and O–H groups in total. The summed E-state index contributed by atoms with van der Waals surface area (Å²) in [6.45, 7) is 7.89. The number of carbonyl (C=O) groups is 2. The number of carbonyl (C=O) groups excluding carboxylic acids is 2. The van der Waals surface area contributed by atoms with E-state index in [0.717, 1.165) is 36.5 Å². The van der Waals surface area contributed by atoms with E-state index in [2.05, 4.69) is 10.2 Å². The summed E-state index contributed by atoms with van der Waals surface area (Å²) in [5, 5.41) is 5.73. The number of amidine groups is 1. The van der Waals surface area contributed by atoms with Gasteiger partial charge in [0.1, 0.15) is 6.61 Å². The molecule has 5 rings (SSSR count). The van der Waals surface area contributed by atoms with Gasteiger partial charge in [0.2, 0.25) is 5.91 Å². The highest BCUT2D eigenvalue weighted by Crippen LogP contribution is 2.46. The number of nitrogens with zero attached hydrogens (tertiary/aromatic N) is 3. The second-order valence-electron chi connectivity index (χ2n) is 10.4. The number of rotatable bonds is 12. The molecule has 0 unspecified atom stereocenters. The maximum absolute atomic E-state index is 13.3. The maximum atomic E-state index is 13.3. The Hall–Kier alpha value is -3.76. The van der Waals surface area contributed by atoms with Crippen LogP contribution in [0.5, 0.6) is 11.5 Å². The van der Waals surface area contributed by atoms with Gasteiger partial charge in [0.05, 0.1) is 37.4 Å². The van der Waals surface area contributed by atoms with Crippen LogP contribution in [0.1, 0.15) is 50.3 Å². The summed E-state index contributed by atoms with van der Waals surface area (Å²) in [5.74, 6) is 0.646. The molecule has 9 nitrogen and oxygen atoms in total. The Morgan fingerprint density at radius 2 is 1.88 bits per heavy atom. The summed E-state index contributed by atoms with van der Waals surface area (Å²) < 4.78 is 17.3. The molecule has 0 spiro atoms. The lowest BCUT2D eigenvalue weighted by Gasteiger charge is -2.36. The monoisotopic (exact) mass is 590 g/mol. The van der Waals surface area contributed by atoms with E-state index >= 15 is 0 Å². The van der Waals surface area contributed by atoms with Gasteiger partial charge in [-0.1, -0.05) is 48.2 Å². The van der Waals surface area contributed by atoms with Crippen LogP contribution in [0.2, 0.25) is 0 Å². The molecule has 0 radical (unpaired) electrons. The predicted molar refractivity (Wildman–Crippen MR) is 164 cm³/mol. The van der Waals surface area contributed by atoms with Crippen LogP contribution in [0, 0.1) is 0 Å². The highest BCUT2D eigenvalue weighted by molar-refractivity contribution is 8.16. The van der Waals surface area contributed by atoms with Gasteiger partial charge in [0.25, 0.3) is 0 Å². The number of thioether (sulfide) groups is 1. The summed E-state index contributed by atoms with van der Waals surface area (Å²) in [5.41, 5.74) is 3.65. The van der Waals surface area contributed by atoms with Gasteiger partial charge < -0.3 is 29.3 Å². The lowest BCUT2D eigenvalue weighted by Crippen LogP contribution is -2.39. The topological polar surface area (TPSA) is 92.7 Å². The van der Waals surface area contributed by atoms with Crippen LogP contribution in [0.4, 0.5) is 0 Å². The standard InChI is InChI=1S/C32H38N4O5S/c1-4-40-31(38)29-22(2)34-32-36(25(21-42-32)19-28(37)33-14-17-35-15-8-9-16-35)30(29)24-12-13-26(27(18-24)39-3)41-20-23-10-6-5-7-11-23/h5-7,10-13,18,21,30H,4,8-9,14-17,19-20H2,1-3H3,(H,33,37)/t30-/m1/s1. The Kier molecular flexibility index (Phi) is 9.86. The highest BCUT2D eigenvalue weighted by atomic mass is 32.2. The molecule has 3 heterocycles. The van der Waals surface area contributed by atoms with Gasteiger partial charge in [-0.2, -0.15) is 0 Å². The van der Waals surface area contributed by atoms with Gasteiger partial charge in [0.15, 0.2) is 16.7 Å². The molecule has 0 saturated carbocycles. The summed E-state index contributed by atoms with van der Waals surface area (Å²) in [6.07, 6.45) is 2.61. The molecule has 1 atom stereocenters. The number of methoxy groups -OCH3 is 1. The fourth-order valence-corrected chi connectivity index (χ4v) is 6.41. The number of hydrogen-bond acceptors (Lipinski definition) is 9. The van der Waals surface area contributed by atoms with Crippen LogP contribution in [0.3, 0.4) is 0 Å². The largest absolute Gasteiger partial charge is 0.493 e. The van der Waals surface area contributed by atoms with Crippen molar-refractivity contribution < 1.29 is 23.8 Å². The minimum absolute atomic E-state index is 0.0627. The van der Waals surface area contributed by atoms with E-state index < -0.39 is 12.0 Å². The fourth-order valence-electron chi connectivity index (χ4n) is 5.45. The van der Waals surface area contributed by atoms with E-state index in [1.807, 2.05) is 65.8 Å². The van der Waals surface area contributed by atoms with Crippen molar-refractivity contribution in [3.63, 3.8) is 0 Å². The third-order valence-corrected chi connectivity index (χ3v) is 8.42. The number of allylic oxidation sites excluding steroid dienone is 1. The van der Waals surface area contributed by atoms with Gasteiger partial charge in [-0.05, 0) is 68.4 Å². The molecule has 0 aromatic heterocycles. The number of likely N-dealkylation sites (tertiary alicyclic amines) is 1. The summed E-state index contributed by atoms with van der Waals surface area (Å²) in [6, 6.07) is 15.0. The number of amides is 1. The maximum Gasteiger partial charge on any atom is 0.338 e. The van der Waals surface area contributed by atoms with Crippen molar-refractivity contribution in [2.75, 3.05) is 39.9 Å². The molecule has 10 heteroatoms. The number of hydrogen-bond donors (Lipinski definition) is 1. The van der Waals surface area contributed by atoms with Crippen molar-refractivity contribution in [1.29, 1.82) is 0 Å². The van der Waals surface area contributed by atoms with E-state index in [1.54, 1.807) is 14.0 Å². The molecule has 1 saturated heterocycles. The zero-order valence-electron chi connectivity index (χ0n) is 24.4. The minimum atomic E-state index is -0.549. The Labute approximate surface area is 251 Å². The normalized spacial score (nSPS) is 18.4. The molecule has 2 aromatic rings. The van der Waals surface area contributed by atoms with Gasteiger partial charge in [-0.25, -0.2) is 9.79 Å². The average Bonchev–Trinajstić information content (AvgIpc) is 3.66. The molecule has 1 amide bonds. The van der Waals surface area contributed by atoms with Crippen LogP contribution in [-0.2, 0) is 20.9 Å². The van der Waals surface area contributed by atoms with Crippen molar-refractivity contribution >= 4 is 28.8 Å². The van der Waals surface area contributed by atoms with E-state index in [9.17, 15) is 9.59 Å². The second kappa shape index (κ2) is 13.9. The van der Waals surface area contributed by atoms with E-state index in [-0.39, 0.29) is 18.9 Å². The van der Waals surface area contributed by atoms with Gasteiger partial charge in [-0.3, -0.25) is 4.79 Å². The zero-order chi connectivity index (χ0) is 29.5. The first-order valence-corrected chi connectivity index (χ1v) is 15.3. The third kappa shape index (κ3) is 6.82. The van der Waals surface area contributed by atoms with Crippen molar-refractivity contribution in [3.8, 4) is 11.5 Å². The number of aliphatic imine (C=N–C) groups is 1. The SMILES string of the molecule is CCOC(=O)C1=C(C)N=C2SC=C(CC(=O)NCCN3CCCC3)N2[C@@H]1c1ccc(OCc2ccccc2)c(OC)c1. The Morgan fingerprint density at radius 3 is 2.62 bits per heavy atom. The lowest BCUT2D eigenvalue weighted by molar-refractivity contribution is -0.139. The quantitative estimate of drug-likeness (QED) is 0.345. The van der Waals surface area contributed by atoms with Crippen molar-refractivity contribution in [2.24, 2.45) is 4.99 Å². The second-order valence-corrected chi connectivity index (χ2v) is 11.2. The van der Waals surface area contributed by atoms with Crippen LogP contribution in [0.25, 0.3) is 0 Å². The van der Waals surface area contributed by atoms with Crippen molar-refractivity contribution in [3.05, 3.63) is 82.0 Å². The first-order chi connectivity index (χ1) is 20.5. The van der Waals surface area contributed by atoms with Crippen LogP contribution in [0.15, 0.2) is 75.9 Å².